The number of carboxylic acids is 1. The van der Waals surface area contributed by atoms with Gasteiger partial charge >= 0.3 is 5.97 Å². The van der Waals surface area contributed by atoms with Gasteiger partial charge in [-0.15, -0.1) is 0 Å². The van der Waals surface area contributed by atoms with Crippen LogP contribution in [-0.2, 0) is 6.54 Å². The summed E-state index contributed by atoms with van der Waals surface area (Å²) in [5, 5.41) is 13.6. The molecule has 0 amide bonds. The fourth-order valence-electron chi connectivity index (χ4n) is 2.30. The lowest BCUT2D eigenvalue weighted by atomic mass is 10.2. The first-order chi connectivity index (χ1) is 9.60. The Balaban J connectivity index is 2.23. The summed E-state index contributed by atoms with van der Waals surface area (Å²) >= 11 is 0. The second-order valence-corrected chi connectivity index (χ2v) is 4.58. The highest BCUT2D eigenvalue weighted by atomic mass is 16.4. The molecule has 0 saturated carbocycles. The number of aromatic amines is 1. The number of hydrogen-bond acceptors (Lipinski definition) is 3. The van der Waals surface area contributed by atoms with Crippen LogP contribution in [0.3, 0.4) is 0 Å². The van der Waals surface area contributed by atoms with E-state index in [1.807, 2.05) is 30.7 Å². The average Bonchev–Trinajstić information content (AvgIpc) is 3.00. The molecule has 0 spiro atoms. The zero-order valence-corrected chi connectivity index (χ0v) is 11.2. The first kappa shape index (κ1) is 12.4. The Bertz CT molecular complexity index is 801. The third-order valence-electron chi connectivity index (χ3n) is 3.19. The summed E-state index contributed by atoms with van der Waals surface area (Å²) in [6, 6.07) is 7.01. The number of fused-ring (bicyclic) bond motifs is 1. The maximum Gasteiger partial charge on any atom is 0.337 e. The van der Waals surface area contributed by atoms with Gasteiger partial charge < -0.3 is 10.1 Å². The highest BCUT2D eigenvalue weighted by Crippen LogP contribution is 2.23. The van der Waals surface area contributed by atoms with Crippen LogP contribution in [-0.4, -0.2) is 30.8 Å². The Morgan fingerprint density at radius 2 is 2.25 bits per heavy atom. The van der Waals surface area contributed by atoms with E-state index in [9.17, 15) is 9.90 Å². The molecule has 0 aliphatic rings. The monoisotopic (exact) mass is 270 g/mol. The Morgan fingerprint density at radius 3 is 2.95 bits per heavy atom. The van der Waals surface area contributed by atoms with E-state index >= 15 is 0 Å². The number of rotatable bonds is 3. The number of aromatic carboxylic acids is 1. The van der Waals surface area contributed by atoms with Crippen LogP contribution >= 0.6 is 0 Å². The molecule has 6 heteroatoms. The molecule has 0 fully saturated rings. The third kappa shape index (κ3) is 1.85. The second kappa shape index (κ2) is 4.48. The molecule has 102 valence electrons. The van der Waals surface area contributed by atoms with Gasteiger partial charge in [0.15, 0.2) is 5.82 Å². The fraction of sp³-hybridized carbons (Fsp3) is 0.214. The van der Waals surface area contributed by atoms with Crippen molar-refractivity contribution in [3.63, 3.8) is 0 Å². The number of imidazole rings is 1. The van der Waals surface area contributed by atoms with Crippen molar-refractivity contribution in [1.29, 1.82) is 0 Å². The minimum Gasteiger partial charge on any atom is -0.478 e. The van der Waals surface area contributed by atoms with Crippen molar-refractivity contribution in [1.82, 2.24) is 19.7 Å². The normalized spacial score (nSPS) is 11.1. The van der Waals surface area contributed by atoms with Gasteiger partial charge in [-0.05, 0) is 32.0 Å². The van der Waals surface area contributed by atoms with Gasteiger partial charge in [0.25, 0.3) is 0 Å². The van der Waals surface area contributed by atoms with E-state index in [4.69, 9.17) is 0 Å². The summed E-state index contributed by atoms with van der Waals surface area (Å²) < 4.78 is 1.84. The minimum atomic E-state index is -0.978. The third-order valence-corrected chi connectivity index (χ3v) is 3.19. The number of hydrogen-bond donors (Lipinski definition) is 2. The number of H-pyrrole nitrogens is 1. The predicted molar refractivity (Wildman–Crippen MR) is 74.7 cm³/mol. The molecule has 0 atom stereocenters. The molecule has 0 saturated heterocycles. The van der Waals surface area contributed by atoms with Gasteiger partial charge in [0, 0.05) is 6.54 Å². The van der Waals surface area contributed by atoms with Crippen molar-refractivity contribution >= 4 is 17.0 Å². The lowest BCUT2D eigenvalue weighted by Gasteiger charge is -2.00. The second-order valence-electron chi connectivity index (χ2n) is 4.58. The molecule has 0 bridgehead atoms. The van der Waals surface area contributed by atoms with E-state index in [0.717, 1.165) is 17.9 Å². The molecule has 0 aliphatic heterocycles. The molecule has 2 heterocycles. The van der Waals surface area contributed by atoms with E-state index in [1.54, 1.807) is 12.1 Å². The number of nitrogens with one attached hydrogen (secondary N) is 1. The molecule has 3 rings (SSSR count). The van der Waals surface area contributed by atoms with Crippen LogP contribution in [0.15, 0.2) is 24.3 Å². The van der Waals surface area contributed by atoms with Crippen LogP contribution < -0.4 is 0 Å². The molecule has 20 heavy (non-hydrogen) atoms. The molecule has 0 aliphatic carbocycles. The van der Waals surface area contributed by atoms with Gasteiger partial charge in [-0.25, -0.2) is 9.78 Å². The highest BCUT2D eigenvalue weighted by molar-refractivity contribution is 6.01. The quantitative estimate of drug-likeness (QED) is 0.765. The van der Waals surface area contributed by atoms with Crippen LogP contribution in [0.4, 0.5) is 0 Å². The van der Waals surface area contributed by atoms with Crippen LogP contribution in [0.2, 0.25) is 0 Å². The summed E-state index contributed by atoms with van der Waals surface area (Å²) in [7, 11) is 0. The van der Waals surface area contributed by atoms with Crippen LogP contribution in [0.5, 0.6) is 0 Å². The summed E-state index contributed by atoms with van der Waals surface area (Å²) in [6.07, 6.45) is 0. The van der Waals surface area contributed by atoms with Crippen LogP contribution in [0.25, 0.3) is 22.6 Å². The Hall–Kier alpha value is -2.63. The van der Waals surface area contributed by atoms with E-state index < -0.39 is 5.97 Å². The number of benzene rings is 1. The maximum atomic E-state index is 11.2. The Kier molecular flexibility index (Phi) is 2.78. The number of carboxylic acid groups (broad SMARTS) is 1. The Labute approximate surface area is 115 Å². The van der Waals surface area contributed by atoms with E-state index in [-0.39, 0.29) is 5.56 Å². The predicted octanol–water partition coefficient (Wildman–Crippen LogP) is 2.45. The van der Waals surface area contributed by atoms with Crippen LogP contribution in [0, 0.1) is 6.92 Å². The van der Waals surface area contributed by atoms with Crippen molar-refractivity contribution in [3.8, 4) is 11.5 Å². The van der Waals surface area contributed by atoms with E-state index in [1.165, 1.54) is 0 Å². The lowest BCUT2D eigenvalue weighted by molar-refractivity contribution is 0.0699. The molecule has 0 radical (unpaired) electrons. The van der Waals surface area contributed by atoms with Gasteiger partial charge in [-0.2, -0.15) is 5.10 Å². The first-order valence-corrected chi connectivity index (χ1v) is 6.37. The molecule has 6 nitrogen and oxygen atoms in total. The van der Waals surface area contributed by atoms with Gasteiger partial charge in [-0.1, -0.05) is 6.07 Å². The van der Waals surface area contributed by atoms with Crippen molar-refractivity contribution < 1.29 is 9.90 Å². The topological polar surface area (TPSA) is 83.8 Å². The molecule has 2 N–H and O–H groups in total. The summed E-state index contributed by atoms with van der Waals surface area (Å²) in [5.41, 5.74) is 3.14. The fourth-order valence-corrected chi connectivity index (χ4v) is 2.30. The van der Waals surface area contributed by atoms with Crippen molar-refractivity contribution in [2.24, 2.45) is 0 Å². The minimum absolute atomic E-state index is 0.198. The van der Waals surface area contributed by atoms with Gasteiger partial charge in [0.05, 0.1) is 16.8 Å². The molecule has 0 unspecified atom stereocenters. The molecule has 3 aromatic rings. The molecular formula is C14H14N4O2. The smallest absolute Gasteiger partial charge is 0.337 e. The van der Waals surface area contributed by atoms with Gasteiger partial charge in [0.1, 0.15) is 11.2 Å². The molecule has 1 aromatic carbocycles. The summed E-state index contributed by atoms with van der Waals surface area (Å²) in [5.74, 6) is -0.343. The number of aromatic nitrogens is 4. The average molecular weight is 270 g/mol. The largest absolute Gasteiger partial charge is 0.478 e. The number of carbonyl (C=O) groups is 1. The number of para-hydroxylation sites is 1. The van der Waals surface area contributed by atoms with Gasteiger partial charge in [0.2, 0.25) is 0 Å². The van der Waals surface area contributed by atoms with Crippen molar-refractivity contribution in [3.05, 3.63) is 35.5 Å². The van der Waals surface area contributed by atoms with E-state index in [0.29, 0.717) is 16.9 Å². The molecule has 2 aromatic heterocycles. The van der Waals surface area contributed by atoms with Crippen molar-refractivity contribution in [2.45, 2.75) is 20.4 Å². The van der Waals surface area contributed by atoms with Gasteiger partial charge in [-0.3, -0.25) is 4.68 Å². The summed E-state index contributed by atoms with van der Waals surface area (Å²) in [4.78, 5) is 18.8. The molecular weight excluding hydrogens is 256 g/mol. The zero-order valence-electron chi connectivity index (χ0n) is 11.2. The first-order valence-electron chi connectivity index (χ1n) is 6.37. The van der Waals surface area contributed by atoms with E-state index in [2.05, 4.69) is 15.1 Å². The van der Waals surface area contributed by atoms with Crippen LogP contribution in [0.1, 0.15) is 23.0 Å². The summed E-state index contributed by atoms with van der Waals surface area (Å²) in [6.45, 7) is 4.65. The number of aryl methyl sites for hydroxylation is 2. The SMILES string of the molecule is CCn1nc(C)cc1-c1nc2c(C(=O)O)cccc2[nH]1. The zero-order chi connectivity index (χ0) is 14.3. The highest BCUT2D eigenvalue weighted by Gasteiger charge is 2.15. The van der Waals surface area contributed by atoms with Crippen molar-refractivity contribution in [2.75, 3.05) is 0 Å². The standard InChI is InChI=1S/C14H14N4O2/c1-3-18-11(7-8(2)17-18)13-15-10-6-4-5-9(14(19)20)12(10)16-13/h4-7H,3H2,1-2H3,(H,15,16)(H,19,20). The lowest BCUT2D eigenvalue weighted by Crippen LogP contribution is -2.00. The Morgan fingerprint density at radius 1 is 1.45 bits per heavy atom. The maximum absolute atomic E-state index is 11.2. The number of nitrogens with zero attached hydrogens (tertiary/aromatic N) is 3.